The number of amides is 1. The van der Waals surface area contributed by atoms with Gasteiger partial charge in [0.25, 0.3) is 5.91 Å². The number of anilines is 2. The Hall–Kier alpha value is -1.30. The van der Waals surface area contributed by atoms with Crippen LogP contribution in [0, 0.1) is 5.92 Å². The number of likely N-dealkylation sites (tertiary alicyclic amines) is 1. The molecule has 1 aliphatic rings. The first-order valence-corrected chi connectivity index (χ1v) is 7.68. The molecule has 19 heavy (non-hydrogen) atoms. The normalized spacial score (nSPS) is 18.9. The van der Waals surface area contributed by atoms with E-state index in [0.29, 0.717) is 16.6 Å². The molecule has 2 heterocycles. The van der Waals surface area contributed by atoms with Crippen molar-refractivity contribution >= 4 is 28.2 Å². The summed E-state index contributed by atoms with van der Waals surface area (Å²) in [6, 6.07) is 0. The molecule has 0 saturated carbocycles. The van der Waals surface area contributed by atoms with Gasteiger partial charge < -0.3 is 15.5 Å². The number of aromatic nitrogens is 1. The molecule has 1 aromatic heterocycles. The smallest absolute Gasteiger partial charge is 0.267 e. The molecule has 1 atom stereocenters. The van der Waals surface area contributed by atoms with Crippen molar-refractivity contribution in [1.29, 1.82) is 0 Å². The van der Waals surface area contributed by atoms with Gasteiger partial charge in [-0.2, -0.15) is 0 Å². The van der Waals surface area contributed by atoms with E-state index in [1.54, 1.807) is 0 Å². The molecule has 1 amide bonds. The number of rotatable bonds is 4. The van der Waals surface area contributed by atoms with Gasteiger partial charge in [0.05, 0.1) is 0 Å². The zero-order valence-electron chi connectivity index (χ0n) is 11.8. The lowest BCUT2D eigenvalue weighted by Gasteiger charge is -2.16. The first kappa shape index (κ1) is 14.1. The topological polar surface area (TPSA) is 62.5 Å². The lowest BCUT2D eigenvalue weighted by Crippen LogP contribution is -2.28. The Morgan fingerprint density at radius 1 is 1.53 bits per heavy atom. The van der Waals surface area contributed by atoms with Gasteiger partial charge in [-0.15, -0.1) is 0 Å². The number of nitrogen functional groups attached to an aromatic ring is 1. The number of nitrogens with two attached hydrogens (primary N) is 1. The predicted octanol–water partition coefficient (Wildman–Crippen LogP) is 2.05. The summed E-state index contributed by atoms with van der Waals surface area (Å²) in [5.41, 5.74) is 5.92. The van der Waals surface area contributed by atoms with Crippen LogP contribution in [0.1, 0.15) is 36.9 Å². The minimum Gasteiger partial charge on any atom is -0.382 e. The molecular weight excluding hydrogens is 260 g/mol. The van der Waals surface area contributed by atoms with Gasteiger partial charge in [-0.05, 0) is 26.2 Å². The van der Waals surface area contributed by atoms with Gasteiger partial charge in [0.2, 0.25) is 0 Å². The number of carbonyl (C=O) groups is 1. The van der Waals surface area contributed by atoms with E-state index in [0.717, 1.165) is 37.7 Å². The van der Waals surface area contributed by atoms with Gasteiger partial charge in [0, 0.05) is 26.2 Å². The Bertz CT molecular complexity index is 455. The van der Waals surface area contributed by atoms with Gasteiger partial charge in [-0.3, -0.25) is 4.79 Å². The van der Waals surface area contributed by atoms with Crippen molar-refractivity contribution in [2.45, 2.75) is 27.2 Å². The Balaban J connectivity index is 2.18. The highest BCUT2D eigenvalue weighted by Gasteiger charge is 2.28. The molecule has 106 valence electrons. The first-order valence-electron chi connectivity index (χ1n) is 6.87. The van der Waals surface area contributed by atoms with E-state index in [1.807, 2.05) is 4.90 Å². The summed E-state index contributed by atoms with van der Waals surface area (Å²) in [5.74, 6) is 0.995. The molecule has 0 radical (unpaired) electrons. The number of hydrogen-bond acceptors (Lipinski definition) is 5. The van der Waals surface area contributed by atoms with Crippen molar-refractivity contribution in [2.75, 3.05) is 36.8 Å². The third kappa shape index (κ3) is 2.83. The molecule has 1 saturated heterocycles. The molecule has 6 heteroatoms. The minimum atomic E-state index is 0.0396. The standard InChI is InChI=1S/C13H22N4OS/c1-4-16(5-2)13-15-11(14)10(19-13)12(18)17-7-6-9(3)8-17/h9H,4-8,14H2,1-3H3. The molecule has 1 aromatic rings. The second kappa shape index (κ2) is 5.77. The van der Waals surface area contributed by atoms with Crippen LogP contribution in [0.15, 0.2) is 0 Å². The Morgan fingerprint density at radius 2 is 2.21 bits per heavy atom. The van der Waals surface area contributed by atoms with Crippen LogP contribution in [0.3, 0.4) is 0 Å². The zero-order valence-corrected chi connectivity index (χ0v) is 12.7. The molecule has 0 aromatic carbocycles. The minimum absolute atomic E-state index is 0.0396. The highest BCUT2D eigenvalue weighted by atomic mass is 32.1. The fourth-order valence-corrected chi connectivity index (χ4v) is 3.45. The van der Waals surface area contributed by atoms with Crippen LogP contribution in [-0.2, 0) is 0 Å². The fraction of sp³-hybridized carbons (Fsp3) is 0.692. The van der Waals surface area contributed by atoms with Gasteiger partial charge in [-0.25, -0.2) is 4.98 Å². The van der Waals surface area contributed by atoms with Gasteiger partial charge in [0.15, 0.2) is 5.13 Å². The summed E-state index contributed by atoms with van der Waals surface area (Å²) in [6.45, 7) is 9.73. The van der Waals surface area contributed by atoms with Crippen LogP contribution < -0.4 is 10.6 Å². The van der Waals surface area contributed by atoms with E-state index in [9.17, 15) is 4.79 Å². The molecule has 1 fully saturated rings. The fourth-order valence-electron chi connectivity index (χ4n) is 2.37. The Kier molecular flexibility index (Phi) is 4.29. The third-order valence-corrected chi connectivity index (χ3v) is 4.70. The summed E-state index contributed by atoms with van der Waals surface area (Å²) in [7, 11) is 0. The van der Waals surface area contributed by atoms with Crippen LogP contribution >= 0.6 is 11.3 Å². The van der Waals surface area contributed by atoms with Crippen molar-refractivity contribution in [3.63, 3.8) is 0 Å². The van der Waals surface area contributed by atoms with Crippen molar-refractivity contribution < 1.29 is 4.79 Å². The van der Waals surface area contributed by atoms with E-state index >= 15 is 0 Å². The van der Waals surface area contributed by atoms with E-state index < -0.39 is 0 Å². The van der Waals surface area contributed by atoms with Crippen LogP contribution in [0.4, 0.5) is 10.9 Å². The van der Waals surface area contributed by atoms with Crippen LogP contribution in [-0.4, -0.2) is 42.0 Å². The van der Waals surface area contributed by atoms with E-state index in [4.69, 9.17) is 5.73 Å². The van der Waals surface area contributed by atoms with Crippen molar-refractivity contribution in [3.05, 3.63) is 4.88 Å². The van der Waals surface area contributed by atoms with Crippen molar-refractivity contribution in [3.8, 4) is 0 Å². The van der Waals surface area contributed by atoms with Crippen molar-refractivity contribution in [1.82, 2.24) is 9.88 Å². The number of hydrogen-bond donors (Lipinski definition) is 1. The van der Waals surface area contributed by atoms with Gasteiger partial charge in [-0.1, -0.05) is 18.3 Å². The van der Waals surface area contributed by atoms with Gasteiger partial charge >= 0.3 is 0 Å². The van der Waals surface area contributed by atoms with Crippen LogP contribution in [0.5, 0.6) is 0 Å². The molecule has 0 aliphatic carbocycles. The Labute approximate surface area is 118 Å². The van der Waals surface area contributed by atoms with E-state index in [2.05, 4.69) is 30.7 Å². The third-order valence-electron chi connectivity index (χ3n) is 3.58. The van der Waals surface area contributed by atoms with Crippen LogP contribution in [0.2, 0.25) is 0 Å². The second-order valence-electron chi connectivity index (χ2n) is 5.03. The zero-order chi connectivity index (χ0) is 14.0. The average molecular weight is 282 g/mol. The van der Waals surface area contributed by atoms with E-state index in [1.165, 1.54) is 11.3 Å². The lowest BCUT2D eigenvalue weighted by molar-refractivity contribution is 0.0793. The molecule has 0 bridgehead atoms. The number of thiazole rings is 1. The van der Waals surface area contributed by atoms with Gasteiger partial charge in [0.1, 0.15) is 10.7 Å². The van der Waals surface area contributed by atoms with E-state index in [-0.39, 0.29) is 5.91 Å². The maximum atomic E-state index is 12.4. The maximum absolute atomic E-state index is 12.4. The molecule has 0 spiro atoms. The Morgan fingerprint density at radius 3 is 2.74 bits per heavy atom. The number of carbonyl (C=O) groups excluding carboxylic acids is 1. The summed E-state index contributed by atoms with van der Waals surface area (Å²) < 4.78 is 0. The largest absolute Gasteiger partial charge is 0.382 e. The molecule has 1 unspecified atom stereocenters. The van der Waals surface area contributed by atoms with Crippen LogP contribution in [0.25, 0.3) is 0 Å². The first-order chi connectivity index (χ1) is 9.06. The summed E-state index contributed by atoms with van der Waals surface area (Å²) in [4.78, 5) is 21.4. The highest BCUT2D eigenvalue weighted by molar-refractivity contribution is 7.18. The molecule has 2 N–H and O–H groups in total. The summed E-state index contributed by atoms with van der Waals surface area (Å²) >= 11 is 1.41. The SMILES string of the molecule is CCN(CC)c1nc(N)c(C(=O)N2CCC(C)C2)s1. The van der Waals surface area contributed by atoms with Crippen molar-refractivity contribution in [2.24, 2.45) is 5.92 Å². The lowest BCUT2D eigenvalue weighted by atomic mass is 10.2. The number of nitrogens with zero attached hydrogens (tertiary/aromatic N) is 3. The quantitative estimate of drug-likeness (QED) is 0.918. The molecular formula is C13H22N4OS. The predicted molar refractivity (Wildman–Crippen MR) is 79.8 cm³/mol. The monoisotopic (exact) mass is 282 g/mol. The average Bonchev–Trinajstić information content (AvgIpc) is 2.97. The molecule has 2 rings (SSSR count). The summed E-state index contributed by atoms with van der Waals surface area (Å²) in [5, 5.41) is 0.845. The second-order valence-corrected chi connectivity index (χ2v) is 6.01. The summed E-state index contributed by atoms with van der Waals surface area (Å²) in [6.07, 6.45) is 1.08. The molecule has 1 aliphatic heterocycles. The highest BCUT2D eigenvalue weighted by Crippen LogP contribution is 2.30. The molecule has 5 nitrogen and oxygen atoms in total. The maximum Gasteiger partial charge on any atom is 0.267 e.